The minimum Gasteiger partial charge on any atom is -0.489 e. The van der Waals surface area contributed by atoms with Crippen LogP contribution >= 0.6 is 0 Å². The van der Waals surface area contributed by atoms with Gasteiger partial charge in [0.05, 0.1) is 11.3 Å². The van der Waals surface area contributed by atoms with Gasteiger partial charge in [0.2, 0.25) is 0 Å². The molecule has 0 aliphatic carbocycles. The van der Waals surface area contributed by atoms with Gasteiger partial charge in [-0.15, -0.1) is 0 Å². The van der Waals surface area contributed by atoms with Gasteiger partial charge in [-0.25, -0.2) is 0 Å². The SMILES string of the molecule is CC1=COc2cc(OCc3ccccc3)ccc2C(=O)N1. The highest BCUT2D eigenvalue weighted by atomic mass is 16.5. The highest BCUT2D eigenvalue weighted by Gasteiger charge is 2.16. The number of rotatable bonds is 3. The maximum Gasteiger partial charge on any atom is 0.259 e. The fraction of sp³-hybridized carbons (Fsp3) is 0.118. The van der Waals surface area contributed by atoms with Crippen molar-refractivity contribution >= 4 is 5.91 Å². The van der Waals surface area contributed by atoms with Crippen LogP contribution in [0.15, 0.2) is 60.5 Å². The van der Waals surface area contributed by atoms with Gasteiger partial charge >= 0.3 is 0 Å². The standard InChI is InChI=1S/C17H15NO3/c1-12-10-21-16-9-14(7-8-15(16)17(19)18-12)20-11-13-5-3-2-4-6-13/h2-10H,11H2,1H3,(H,18,19). The third kappa shape index (κ3) is 3.05. The molecule has 0 spiro atoms. The molecule has 21 heavy (non-hydrogen) atoms. The highest BCUT2D eigenvalue weighted by molar-refractivity contribution is 5.98. The van der Waals surface area contributed by atoms with E-state index in [1.807, 2.05) is 30.3 Å². The number of ether oxygens (including phenoxy) is 2. The second-order valence-corrected chi connectivity index (χ2v) is 4.81. The number of fused-ring (bicyclic) bond motifs is 1. The fourth-order valence-corrected chi connectivity index (χ4v) is 2.05. The van der Waals surface area contributed by atoms with Crippen molar-refractivity contribution in [2.24, 2.45) is 0 Å². The number of hydrogen-bond donors (Lipinski definition) is 1. The molecule has 1 aliphatic rings. The number of benzene rings is 2. The van der Waals surface area contributed by atoms with Gasteiger partial charge < -0.3 is 14.8 Å². The maximum atomic E-state index is 11.9. The molecule has 0 unspecified atom stereocenters. The monoisotopic (exact) mass is 281 g/mol. The van der Waals surface area contributed by atoms with Crippen molar-refractivity contribution in [3.63, 3.8) is 0 Å². The zero-order valence-corrected chi connectivity index (χ0v) is 11.6. The summed E-state index contributed by atoms with van der Waals surface area (Å²) in [5.74, 6) is 0.985. The molecule has 1 N–H and O–H groups in total. The number of allylic oxidation sites excluding steroid dienone is 1. The molecule has 2 aromatic carbocycles. The second-order valence-electron chi connectivity index (χ2n) is 4.81. The first-order valence-corrected chi connectivity index (χ1v) is 6.68. The molecule has 1 amide bonds. The molecular formula is C17H15NO3. The summed E-state index contributed by atoms with van der Waals surface area (Å²) < 4.78 is 11.2. The molecule has 0 bridgehead atoms. The zero-order valence-electron chi connectivity index (χ0n) is 11.6. The van der Waals surface area contributed by atoms with Crippen LogP contribution in [0.1, 0.15) is 22.8 Å². The van der Waals surface area contributed by atoms with E-state index in [-0.39, 0.29) is 5.91 Å². The van der Waals surface area contributed by atoms with E-state index in [1.54, 1.807) is 25.1 Å². The van der Waals surface area contributed by atoms with Crippen LogP contribution < -0.4 is 14.8 Å². The number of carbonyl (C=O) groups excluding carboxylic acids is 1. The van der Waals surface area contributed by atoms with Gasteiger partial charge in [-0.1, -0.05) is 30.3 Å². The summed E-state index contributed by atoms with van der Waals surface area (Å²) in [5.41, 5.74) is 2.25. The second kappa shape index (κ2) is 5.71. The minimum atomic E-state index is -0.175. The number of hydrogen-bond acceptors (Lipinski definition) is 3. The highest BCUT2D eigenvalue weighted by Crippen LogP contribution is 2.27. The third-order valence-electron chi connectivity index (χ3n) is 3.12. The van der Waals surface area contributed by atoms with E-state index in [4.69, 9.17) is 9.47 Å². The molecule has 0 saturated heterocycles. The minimum absolute atomic E-state index is 0.175. The molecule has 106 valence electrons. The molecule has 1 aliphatic heterocycles. The molecule has 2 aromatic rings. The Bertz CT molecular complexity index is 692. The lowest BCUT2D eigenvalue weighted by molar-refractivity contribution is 0.0966. The van der Waals surface area contributed by atoms with E-state index in [9.17, 15) is 4.79 Å². The van der Waals surface area contributed by atoms with Crippen molar-refractivity contribution in [3.8, 4) is 11.5 Å². The van der Waals surface area contributed by atoms with Crippen LogP contribution in [0, 0.1) is 0 Å². The summed E-state index contributed by atoms with van der Waals surface area (Å²) in [6.07, 6.45) is 1.52. The first-order valence-electron chi connectivity index (χ1n) is 6.68. The van der Waals surface area contributed by atoms with E-state index < -0.39 is 0 Å². The Morgan fingerprint density at radius 2 is 1.95 bits per heavy atom. The smallest absolute Gasteiger partial charge is 0.259 e. The van der Waals surface area contributed by atoms with Gasteiger partial charge in [0.15, 0.2) is 0 Å². The average Bonchev–Trinajstić information content (AvgIpc) is 2.65. The van der Waals surface area contributed by atoms with Crippen LogP contribution in [-0.2, 0) is 6.61 Å². The molecule has 0 atom stereocenters. The first kappa shape index (κ1) is 13.2. The Labute approximate surface area is 123 Å². The van der Waals surface area contributed by atoms with Gasteiger partial charge in [0.1, 0.15) is 24.4 Å². The van der Waals surface area contributed by atoms with Crippen LogP contribution in [0.3, 0.4) is 0 Å². The van der Waals surface area contributed by atoms with Crippen molar-refractivity contribution in [1.29, 1.82) is 0 Å². The summed E-state index contributed by atoms with van der Waals surface area (Å²) in [5, 5.41) is 2.73. The van der Waals surface area contributed by atoms with Crippen molar-refractivity contribution in [2.45, 2.75) is 13.5 Å². The lowest BCUT2D eigenvalue weighted by atomic mass is 10.1. The Balaban J connectivity index is 1.78. The van der Waals surface area contributed by atoms with Crippen LogP contribution in [0.5, 0.6) is 11.5 Å². The number of amides is 1. The Morgan fingerprint density at radius 1 is 1.14 bits per heavy atom. The molecule has 0 aromatic heterocycles. The predicted octanol–water partition coefficient (Wildman–Crippen LogP) is 3.25. The summed E-state index contributed by atoms with van der Waals surface area (Å²) >= 11 is 0. The summed E-state index contributed by atoms with van der Waals surface area (Å²) in [6, 6.07) is 15.1. The zero-order chi connectivity index (χ0) is 14.7. The molecule has 0 fully saturated rings. The molecule has 0 radical (unpaired) electrons. The molecular weight excluding hydrogens is 266 g/mol. The normalized spacial score (nSPS) is 13.4. The third-order valence-corrected chi connectivity index (χ3v) is 3.12. The topological polar surface area (TPSA) is 47.6 Å². The van der Waals surface area contributed by atoms with E-state index in [0.29, 0.717) is 29.4 Å². The van der Waals surface area contributed by atoms with Gasteiger partial charge in [0.25, 0.3) is 5.91 Å². The van der Waals surface area contributed by atoms with Gasteiger partial charge in [-0.2, -0.15) is 0 Å². The van der Waals surface area contributed by atoms with Crippen LogP contribution in [0.25, 0.3) is 0 Å². The molecule has 0 saturated carbocycles. The van der Waals surface area contributed by atoms with Crippen molar-refractivity contribution < 1.29 is 14.3 Å². The Morgan fingerprint density at radius 3 is 2.76 bits per heavy atom. The van der Waals surface area contributed by atoms with E-state index >= 15 is 0 Å². The number of nitrogens with one attached hydrogen (secondary N) is 1. The average molecular weight is 281 g/mol. The predicted molar refractivity (Wildman–Crippen MR) is 79.1 cm³/mol. The van der Waals surface area contributed by atoms with Crippen molar-refractivity contribution in [2.75, 3.05) is 0 Å². The summed E-state index contributed by atoms with van der Waals surface area (Å²) in [4.78, 5) is 11.9. The van der Waals surface area contributed by atoms with Crippen LogP contribution in [0.2, 0.25) is 0 Å². The summed E-state index contributed by atoms with van der Waals surface area (Å²) in [6.45, 7) is 2.25. The fourth-order valence-electron chi connectivity index (χ4n) is 2.05. The van der Waals surface area contributed by atoms with E-state index in [2.05, 4.69) is 5.32 Å². The Hall–Kier alpha value is -2.75. The largest absolute Gasteiger partial charge is 0.489 e. The lowest BCUT2D eigenvalue weighted by Gasteiger charge is -2.09. The summed E-state index contributed by atoms with van der Waals surface area (Å²) in [7, 11) is 0. The molecule has 4 nitrogen and oxygen atoms in total. The van der Waals surface area contributed by atoms with E-state index in [1.165, 1.54) is 6.26 Å². The van der Waals surface area contributed by atoms with Gasteiger partial charge in [0, 0.05) is 6.07 Å². The lowest BCUT2D eigenvalue weighted by Crippen LogP contribution is -2.19. The van der Waals surface area contributed by atoms with Gasteiger partial charge in [-0.3, -0.25) is 4.79 Å². The molecule has 4 heteroatoms. The van der Waals surface area contributed by atoms with Crippen LogP contribution in [-0.4, -0.2) is 5.91 Å². The van der Waals surface area contributed by atoms with Gasteiger partial charge in [-0.05, 0) is 24.6 Å². The number of carbonyl (C=O) groups is 1. The molecule has 1 heterocycles. The van der Waals surface area contributed by atoms with Crippen LogP contribution in [0.4, 0.5) is 0 Å². The molecule has 3 rings (SSSR count). The first-order chi connectivity index (χ1) is 10.2. The van der Waals surface area contributed by atoms with E-state index in [0.717, 1.165) is 5.56 Å². The van der Waals surface area contributed by atoms with Crippen molar-refractivity contribution in [1.82, 2.24) is 5.32 Å². The maximum absolute atomic E-state index is 11.9. The van der Waals surface area contributed by atoms with Crippen molar-refractivity contribution in [3.05, 3.63) is 71.6 Å². The quantitative estimate of drug-likeness (QED) is 0.939. The Kier molecular flexibility index (Phi) is 3.60.